The lowest BCUT2D eigenvalue weighted by Crippen LogP contribution is -2.21. The number of nitrogens with zero attached hydrogens (tertiary/aromatic N) is 2. The first-order valence-corrected chi connectivity index (χ1v) is 10.7. The van der Waals surface area contributed by atoms with Gasteiger partial charge < -0.3 is 9.30 Å². The van der Waals surface area contributed by atoms with Crippen molar-refractivity contribution in [2.45, 2.75) is 26.3 Å². The van der Waals surface area contributed by atoms with Crippen LogP contribution in [0.1, 0.15) is 23.7 Å². The number of aromatic nitrogens is 1. The van der Waals surface area contributed by atoms with Gasteiger partial charge in [0.05, 0.1) is 18.7 Å². The van der Waals surface area contributed by atoms with Crippen LogP contribution in [0.5, 0.6) is 0 Å². The van der Waals surface area contributed by atoms with Crippen LogP contribution in [0.2, 0.25) is 0 Å². The van der Waals surface area contributed by atoms with Crippen molar-refractivity contribution in [3.05, 3.63) is 81.1 Å². The van der Waals surface area contributed by atoms with Crippen LogP contribution >= 0.6 is 0 Å². The Balaban J connectivity index is 2.07. The van der Waals surface area contributed by atoms with Crippen molar-refractivity contribution >= 4 is 16.9 Å². The largest absolute Gasteiger partial charge is 0.465 e. The number of fused-ring (bicyclic) bond motifs is 1. The number of ether oxygens (including phenoxy) is 1. The maximum atomic E-state index is 14.1. The molecule has 0 saturated heterocycles. The maximum absolute atomic E-state index is 14.1. The molecule has 0 aliphatic carbocycles. The number of benzene rings is 2. The topological polar surface area (TPSA) is 51.5 Å². The second-order valence-electron chi connectivity index (χ2n) is 7.88. The fraction of sp³-hybridized carbons (Fsp3) is 0.308. The van der Waals surface area contributed by atoms with Crippen LogP contribution in [0.3, 0.4) is 0 Å². The zero-order valence-electron chi connectivity index (χ0n) is 19.0. The summed E-state index contributed by atoms with van der Waals surface area (Å²) in [5, 5.41) is 0.443. The number of rotatable bonds is 7. The number of carbonyl (C=O) groups excluding carboxylic acids is 1. The average Bonchev–Trinajstić information content (AvgIpc) is 2.77. The Labute approximate surface area is 191 Å². The summed E-state index contributed by atoms with van der Waals surface area (Å²) in [5.41, 5.74) is 1.76. The molecule has 0 atom stereocenters. The van der Waals surface area contributed by atoms with Gasteiger partial charge >= 0.3 is 5.97 Å². The van der Waals surface area contributed by atoms with Crippen LogP contribution in [-0.2, 0) is 28.9 Å². The second-order valence-corrected chi connectivity index (χ2v) is 7.88. The first-order valence-electron chi connectivity index (χ1n) is 10.7. The third kappa shape index (κ3) is 6.05. The fourth-order valence-electron chi connectivity index (χ4n) is 3.54. The summed E-state index contributed by atoms with van der Waals surface area (Å²) in [4.78, 5) is 27.1. The van der Waals surface area contributed by atoms with Gasteiger partial charge in [0, 0.05) is 22.7 Å². The predicted molar refractivity (Wildman–Crippen MR) is 124 cm³/mol. The zero-order chi connectivity index (χ0) is 24.0. The normalized spacial score (nSPS) is 10.8. The van der Waals surface area contributed by atoms with Gasteiger partial charge in [0.25, 0.3) is 0 Å². The molecule has 0 aliphatic heterocycles. The molecule has 7 heteroatoms. The SMILES string of the molecule is CCOC(=O)Cn1c(CCc2cccc(F)c2F)cc(=O)c2ccc(C#CCN(C)C)cc21. The highest BCUT2D eigenvalue weighted by atomic mass is 19.2. The predicted octanol–water partition coefficient (Wildman–Crippen LogP) is 3.54. The van der Waals surface area contributed by atoms with Crippen LogP contribution < -0.4 is 5.43 Å². The second kappa shape index (κ2) is 10.9. The van der Waals surface area contributed by atoms with Crippen molar-refractivity contribution in [3.8, 4) is 11.8 Å². The van der Waals surface area contributed by atoms with E-state index >= 15 is 0 Å². The van der Waals surface area contributed by atoms with Crippen molar-refractivity contribution in [1.29, 1.82) is 0 Å². The maximum Gasteiger partial charge on any atom is 0.325 e. The smallest absolute Gasteiger partial charge is 0.325 e. The quantitative estimate of drug-likeness (QED) is 0.407. The van der Waals surface area contributed by atoms with Gasteiger partial charge in [0.15, 0.2) is 17.1 Å². The Morgan fingerprint density at radius 3 is 2.64 bits per heavy atom. The van der Waals surface area contributed by atoms with Crippen molar-refractivity contribution < 1.29 is 18.3 Å². The third-order valence-electron chi connectivity index (χ3n) is 5.10. The van der Waals surface area contributed by atoms with Crippen molar-refractivity contribution in [2.75, 3.05) is 27.2 Å². The molecule has 172 valence electrons. The Kier molecular flexibility index (Phi) is 7.96. The summed E-state index contributed by atoms with van der Waals surface area (Å²) in [6.07, 6.45) is 0.404. The van der Waals surface area contributed by atoms with E-state index in [1.54, 1.807) is 29.7 Å². The summed E-state index contributed by atoms with van der Waals surface area (Å²) in [7, 11) is 3.83. The highest BCUT2D eigenvalue weighted by Gasteiger charge is 2.15. The molecule has 0 aliphatic rings. The molecular weight excluding hydrogens is 426 g/mol. The minimum Gasteiger partial charge on any atom is -0.465 e. The van der Waals surface area contributed by atoms with E-state index in [2.05, 4.69) is 11.8 Å². The number of hydrogen-bond donors (Lipinski definition) is 0. The van der Waals surface area contributed by atoms with Gasteiger partial charge in [-0.25, -0.2) is 8.78 Å². The van der Waals surface area contributed by atoms with E-state index < -0.39 is 17.6 Å². The number of hydrogen-bond acceptors (Lipinski definition) is 4. The summed E-state index contributed by atoms with van der Waals surface area (Å²) >= 11 is 0. The summed E-state index contributed by atoms with van der Waals surface area (Å²) in [6, 6.07) is 10.7. The molecule has 3 rings (SSSR count). The van der Waals surface area contributed by atoms with Crippen LogP contribution in [0.15, 0.2) is 47.3 Å². The Bertz CT molecular complexity index is 1290. The van der Waals surface area contributed by atoms with Crippen molar-refractivity contribution in [3.63, 3.8) is 0 Å². The van der Waals surface area contributed by atoms with E-state index in [0.29, 0.717) is 28.7 Å². The summed E-state index contributed by atoms with van der Waals surface area (Å²) < 4.78 is 34.6. The number of carbonyl (C=O) groups is 1. The first kappa shape index (κ1) is 24.1. The van der Waals surface area contributed by atoms with Gasteiger partial charge in [0.2, 0.25) is 0 Å². The van der Waals surface area contributed by atoms with Gasteiger partial charge in [-0.15, -0.1) is 0 Å². The highest BCUT2D eigenvalue weighted by molar-refractivity contribution is 5.82. The molecule has 33 heavy (non-hydrogen) atoms. The molecule has 5 nitrogen and oxygen atoms in total. The van der Waals surface area contributed by atoms with E-state index in [0.717, 1.165) is 6.07 Å². The Hall–Kier alpha value is -3.50. The standard InChI is InChI=1S/C26H26F2N2O3/c1-4-33-25(32)17-30-20(12-11-19-8-5-9-22(27)26(19)28)16-24(31)21-13-10-18(15-23(21)30)7-6-14-29(2)3/h5,8-10,13,15-16H,4,11-12,14,17H2,1-3H3. The molecule has 1 heterocycles. The molecule has 2 aromatic carbocycles. The lowest BCUT2D eigenvalue weighted by molar-refractivity contribution is -0.143. The minimum absolute atomic E-state index is 0.111. The molecule has 1 aromatic heterocycles. The van der Waals surface area contributed by atoms with E-state index in [1.807, 2.05) is 19.0 Å². The monoisotopic (exact) mass is 452 g/mol. The summed E-state index contributed by atoms with van der Waals surface area (Å²) in [6.45, 7) is 2.41. The lowest BCUT2D eigenvalue weighted by atomic mass is 10.0. The molecule has 0 saturated carbocycles. The highest BCUT2D eigenvalue weighted by Crippen LogP contribution is 2.19. The van der Waals surface area contributed by atoms with E-state index in [9.17, 15) is 18.4 Å². The molecule has 0 spiro atoms. The molecule has 0 amide bonds. The van der Waals surface area contributed by atoms with Gasteiger partial charge in [0.1, 0.15) is 6.54 Å². The van der Waals surface area contributed by atoms with E-state index in [4.69, 9.17) is 4.74 Å². The van der Waals surface area contributed by atoms with Gasteiger partial charge in [-0.2, -0.15) is 0 Å². The van der Waals surface area contributed by atoms with Crippen LogP contribution in [0, 0.1) is 23.5 Å². The van der Waals surface area contributed by atoms with E-state index in [-0.39, 0.29) is 37.0 Å². The average molecular weight is 453 g/mol. The molecule has 0 fully saturated rings. The van der Waals surface area contributed by atoms with Crippen molar-refractivity contribution in [1.82, 2.24) is 9.47 Å². The molecule has 0 N–H and O–H groups in total. The number of pyridine rings is 1. The minimum atomic E-state index is -0.920. The Morgan fingerprint density at radius 1 is 1.12 bits per heavy atom. The first-order chi connectivity index (χ1) is 15.8. The van der Waals surface area contributed by atoms with Gasteiger partial charge in [-0.05, 0) is 63.7 Å². The molecular formula is C26H26F2N2O3. The lowest BCUT2D eigenvalue weighted by Gasteiger charge is -2.17. The van der Waals surface area contributed by atoms with Crippen LogP contribution in [0.4, 0.5) is 8.78 Å². The zero-order valence-corrected chi connectivity index (χ0v) is 19.0. The summed E-state index contributed by atoms with van der Waals surface area (Å²) in [5.74, 6) is 3.84. The molecule has 0 radical (unpaired) electrons. The molecule has 0 unspecified atom stereocenters. The van der Waals surface area contributed by atoms with Gasteiger partial charge in [-0.1, -0.05) is 24.0 Å². The third-order valence-corrected chi connectivity index (χ3v) is 5.10. The number of halogens is 2. The van der Waals surface area contributed by atoms with Crippen LogP contribution in [-0.4, -0.2) is 42.7 Å². The number of aryl methyl sites for hydroxylation is 2. The van der Waals surface area contributed by atoms with E-state index in [1.165, 1.54) is 18.2 Å². The fourth-order valence-corrected chi connectivity index (χ4v) is 3.54. The number of esters is 1. The van der Waals surface area contributed by atoms with Gasteiger partial charge in [-0.3, -0.25) is 14.5 Å². The van der Waals surface area contributed by atoms with Crippen LogP contribution in [0.25, 0.3) is 10.9 Å². The molecule has 3 aromatic rings. The molecule has 0 bridgehead atoms. The van der Waals surface area contributed by atoms with Crippen molar-refractivity contribution in [2.24, 2.45) is 0 Å². The Morgan fingerprint density at radius 2 is 1.91 bits per heavy atom.